The van der Waals surface area contributed by atoms with E-state index in [4.69, 9.17) is 16.7 Å². The molecule has 0 aliphatic heterocycles. The normalized spacial score (nSPS) is 11.9. The van der Waals surface area contributed by atoms with Crippen LogP contribution < -0.4 is 5.32 Å². The Balaban J connectivity index is 2.15. The lowest BCUT2D eigenvalue weighted by atomic mass is 10.1. The summed E-state index contributed by atoms with van der Waals surface area (Å²) in [4.78, 5) is 10.9. The molecule has 0 saturated carbocycles. The van der Waals surface area contributed by atoms with Crippen LogP contribution in [0.5, 0.6) is 0 Å². The number of halogens is 2. The average molecular weight is 355 g/mol. The number of hydrogen-bond donors (Lipinski definition) is 2. The summed E-state index contributed by atoms with van der Waals surface area (Å²) < 4.78 is 0.554. The fourth-order valence-corrected chi connectivity index (χ4v) is 2.54. The molecule has 3 nitrogen and oxygen atoms in total. The molecule has 0 aliphatic rings. The Kier molecular flexibility index (Phi) is 4.68. The minimum atomic E-state index is -0.950. The largest absolute Gasteiger partial charge is 0.478 e. The lowest BCUT2D eigenvalue weighted by molar-refractivity contribution is 0.0696. The van der Waals surface area contributed by atoms with E-state index in [1.54, 1.807) is 18.2 Å². The van der Waals surface area contributed by atoms with E-state index in [1.807, 2.05) is 31.2 Å². The first kappa shape index (κ1) is 14.9. The minimum absolute atomic E-state index is 0.0924. The number of aromatic carboxylic acids is 1. The van der Waals surface area contributed by atoms with Crippen LogP contribution in [0.1, 0.15) is 28.9 Å². The first-order valence-electron chi connectivity index (χ1n) is 6.02. The van der Waals surface area contributed by atoms with Gasteiger partial charge in [-0.05, 0) is 58.7 Å². The number of nitrogens with one attached hydrogen (secondary N) is 1. The predicted octanol–water partition coefficient (Wildman–Crippen LogP) is 4.97. The van der Waals surface area contributed by atoms with Gasteiger partial charge in [-0.25, -0.2) is 4.79 Å². The molecule has 0 bridgehead atoms. The molecule has 20 heavy (non-hydrogen) atoms. The zero-order valence-electron chi connectivity index (χ0n) is 10.7. The molecule has 2 aromatic carbocycles. The van der Waals surface area contributed by atoms with Gasteiger partial charge < -0.3 is 10.4 Å². The summed E-state index contributed by atoms with van der Waals surface area (Å²) in [5.41, 5.74) is 2.20. The summed E-state index contributed by atoms with van der Waals surface area (Å²) in [6.07, 6.45) is 0. The lowest BCUT2D eigenvalue weighted by Gasteiger charge is -2.16. The first-order chi connectivity index (χ1) is 9.47. The van der Waals surface area contributed by atoms with Crippen LogP contribution >= 0.6 is 27.5 Å². The molecule has 0 radical (unpaired) electrons. The van der Waals surface area contributed by atoms with Crippen molar-refractivity contribution in [2.24, 2.45) is 0 Å². The molecule has 1 atom stereocenters. The molecule has 2 N–H and O–H groups in total. The monoisotopic (exact) mass is 353 g/mol. The topological polar surface area (TPSA) is 49.3 Å². The molecule has 2 aromatic rings. The second kappa shape index (κ2) is 6.29. The summed E-state index contributed by atoms with van der Waals surface area (Å²) in [6, 6.07) is 12.8. The molecule has 0 spiro atoms. The highest BCUT2D eigenvalue weighted by Gasteiger charge is 2.10. The van der Waals surface area contributed by atoms with E-state index < -0.39 is 5.97 Å². The number of hydrogen-bond acceptors (Lipinski definition) is 2. The second-order valence-electron chi connectivity index (χ2n) is 4.42. The zero-order chi connectivity index (χ0) is 14.7. The number of benzene rings is 2. The van der Waals surface area contributed by atoms with Crippen molar-refractivity contribution in [1.29, 1.82) is 0 Å². The van der Waals surface area contributed by atoms with Crippen molar-refractivity contribution in [1.82, 2.24) is 0 Å². The Morgan fingerprint density at radius 2 is 1.90 bits per heavy atom. The molecule has 0 fully saturated rings. The molecule has 2 rings (SSSR count). The van der Waals surface area contributed by atoms with Crippen LogP contribution in [0.25, 0.3) is 0 Å². The van der Waals surface area contributed by atoms with E-state index in [1.165, 1.54) is 0 Å². The van der Waals surface area contributed by atoms with Gasteiger partial charge in [-0.1, -0.05) is 23.7 Å². The maximum absolute atomic E-state index is 10.9. The maximum atomic E-state index is 10.9. The van der Waals surface area contributed by atoms with Crippen LogP contribution in [0.15, 0.2) is 46.9 Å². The first-order valence-corrected chi connectivity index (χ1v) is 7.19. The highest BCUT2D eigenvalue weighted by molar-refractivity contribution is 9.10. The van der Waals surface area contributed by atoms with Crippen molar-refractivity contribution in [3.63, 3.8) is 0 Å². The second-order valence-corrected chi connectivity index (χ2v) is 5.71. The molecule has 1 unspecified atom stereocenters. The summed E-state index contributed by atoms with van der Waals surface area (Å²) in [7, 11) is 0. The number of rotatable bonds is 4. The van der Waals surface area contributed by atoms with Crippen LogP contribution in [0.3, 0.4) is 0 Å². The SMILES string of the molecule is CC(Nc1ccc(C(=O)O)c(Br)c1)c1ccc(Cl)cc1. The summed E-state index contributed by atoms with van der Waals surface area (Å²) in [5.74, 6) is -0.950. The third kappa shape index (κ3) is 3.52. The van der Waals surface area contributed by atoms with Crippen LogP contribution in [-0.4, -0.2) is 11.1 Å². The Hall–Kier alpha value is -1.52. The standard InChI is InChI=1S/C15H13BrClNO2/c1-9(10-2-4-11(17)5-3-10)18-12-6-7-13(15(19)20)14(16)8-12/h2-9,18H,1H3,(H,19,20). The Morgan fingerprint density at radius 1 is 1.25 bits per heavy atom. The predicted molar refractivity (Wildman–Crippen MR) is 84.6 cm³/mol. The zero-order valence-corrected chi connectivity index (χ0v) is 13.1. The van der Waals surface area contributed by atoms with Gasteiger partial charge in [0.15, 0.2) is 0 Å². The molecular formula is C15H13BrClNO2. The molecule has 5 heteroatoms. The third-order valence-corrected chi connectivity index (χ3v) is 3.86. The van der Waals surface area contributed by atoms with Crippen molar-refractivity contribution in [3.8, 4) is 0 Å². The molecule has 0 aliphatic carbocycles. The van der Waals surface area contributed by atoms with Gasteiger partial charge in [-0.15, -0.1) is 0 Å². The molecule has 0 heterocycles. The van der Waals surface area contributed by atoms with Crippen molar-refractivity contribution in [2.75, 3.05) is 5.32 Å². The van der Waals surface area contributed by atoms with Crippen molar-refractivity contribution < 1.29 is 9.90 Å². The molecular weight excluding hydrogens is 342 g/mol. The van der Waals surface area contributed by atoms with E-state index in [-0.39, 0.29) is 11.6 Å². The van der Waals surface area contributed by atoms with Crippen molar-refractivity contribution in [3.05, 3.63) is 63.1 Å². The quantitative estimate of drug-likeness (QED) is 0.814. The van der Waals surface area contributed by atoms with E-state index in [0.717, 1.165) is 11.3 Å². The average Bonchev–Trinajstić information content (AvgIpc) is 2.39. The van der Waals surface area contributed by atoms with Gasteiger partial charge in [0.05, 0.1) is 5.56 Å². The summed E-state index contributed by atoms with van der Waals surface area (Å²) >= 11 is 9.13. The van der Waals surface area contributed by atoms with Gasteiger partial charge in [0, 0.05) is 21.2 Å². The number of carbonyl (C=O) groups is 1. The highest BCUT2D eigenvalue weighted by atomic mass is 79.9. The fraction of sp³-hybridized carbons (Fsp3) is 0.133. The third-order valence-electron chi connectivity index (χ3n) is 2.95. The Bertz CT molecular complexity index is 628. The Labute approximate surface area is 130 Å². The number of carboxylic acid groups (broad SMARTS) is 1. The van der Waals surface area contributed by atoms with Gasteiger partial charge in [0.25, 0.3) is 0 Å². The van der Waals surface area contributed by atoms with Crippen molar-refractivity contribution >= 4 is 39.2 Å². The van der Waals surface area contributed by atoms with Crippen molar-refractivity contribution in [2.45, 2.75) is 13.0 Å². The van der Waals surface area contributed by atoms with Crippen LogP contribution in [0.4, 0.5) is 5.69 Å². The molecule has 104 valence electrons. The molecule has 0 saturated heterocycles. The van der Waals surface area contributed by atoms with Crippen LogP contribution in [0.2, 0.25) is 5.02 Å². The lowest BCUT2D eigenvalue weighted by Crippen LogP contribution is -2.07. The fourth-order valence-electron chi connectivity index (χ4n) is 1.86. The molecule has 0 amide bonds. The summed E-state index contributed by atoms with van der Waals surface area (Å²) in [5, 5.41) is 13.0. The van der Waals surface area contributed by atoms with E-state index in [2.05, 4.69) is 21.2 Å². The maximum Gasteiger partial charge on any atom is 0.336 e. The molecule has 0 aromatic heterocycles. The summed E-state index contributed by atoms with van der Waals surface area (Å²) in [6.45, 7) is 2.03. The van der Waals surface area contributed by atoms with E-state index in [0.29, 0.717) is 9.50 Å². The highest BCUT2D eigenvalue weighted by Crippen LogP contribution is 2.25. The Morgan fingerprint density at radius 3 is 2.45 bits per heavy atom. The van der Waals surface area contributed by atoms with E-state index in [9.17, 15) is 4.79 Å². The van der Waals surface area contributed by atoms with Gasteiger partial charge in [-0.3, -0.25) is 0 Å². The van der Waals surface area contributed by atoms with Gasteiger partial charge in [0.1, 0.15) is 0 Å². The minimum Gasteiger partial charge on any atom is -0.478 e. The van der Waals surface area contributed by atoms with Crippen LogP contribution in [-0.2, 0) is 0 Å². The number of carboxylic acids is 1. The van der Waals surface area contributed by atoms with E-state index >= 15 is 0 Å². The van der Waals surface area contributed by atoms with Gasteiger partial charge >= 0.3 is 5.97 Å². The smallest absolute Gasteiger partial charge is 0.336 e. The number of anilines is 1. The van der Waals surface area contributed by atoms with Crippen LogP contribution in [0, 0.1) is 0 Å². The van der Waals surface area contributed by atoms with Gasteiger partial charge in [0.2, 0.25) is 0 Å². The van der Waals surface area contributed by atoms with Gasteiger partial charge in [-0.2, -0.15) is 0 Å².